The van der Waals surface area contributed by atoms with Gasteiger partial charge in [-0.3, -0.25) is 9.97 Å². The van der Waals surface area contributed by atoms with Gasteiger partial charge in [0.25, 0.3) is 0 Å². The number of aliphatic carboxylic acids is 1. The minimum atomic E-state index is -1.32. The zero-order chi connectivity index (χ0) is 10.7. The molecule has 0 atom stereocenters. The van der Waals surface area contributed by atoms with E-state index in [4.69, 9.17) is 5.11 Å². The van der Waals surface area contributed by atoms with Crippen molar-refractivity contribution in [2.75, 3.05) is 0 Å². The topological polar surface area (TPSA) is 125 Å². The Labute approximate surface area is 75.1 Å². The molecule has 0 fully saturated rings. The third-order valence-electron chi connectivity index (χ3n) is 1.24. The van der Waals surface area contributed by atoms with Gasteiger partial charge in [0.15, 0.2) is 0 Å². The van der Waals surface area contributed by atoms with E-state index in [0.29, 0.717) is 10.6 Å². The van der Waals surface area contributed by atoms with Crippen molar-refractivity contribution in [1.82, 2.24) is 14.5 Å². The maximum atomic E-state index is 10.9. The van der Waals surface area contributed by atoms with Gasteiger partial charge in [0.2, 0.25) is 0 Å². The summed E-state index contributed by atoms with van der Waals surface area (Å²) in [7, 11) is 0. The van der Waals surface area contributed by atoms with E-state index in [1.54, 1.807) is 9.97 Å². The summed E-state index contributed by atoms with van der Waals surface area (Å²) in [6.45, 7) is 0. The van der Waals surface area contributed by atoms with E-state index in [0.717, 1.165) is 6.20 Å². The highest BCUT2D eigenvalue weighted by Crippen LogP contribution is 1.72. The summed E-state index contributed by atoms with van der Waals surface area (Å²) in [6.07, 6.45) is 1.33. The van der Waals surface area contributed by atoms with E-state index in [1.165, 1.54) is 0 Å². The molecule has 8 heteroatoms. The van der Waals surface area contributed by atoms with Gasteiger partial charge in [0.05, 0.1) is 0 Å². The van der Waals surface area contributed by atoms with Crippen molar-refractivity contribution in [3.05, 3.63) is 37.5 Å². The molecule has 0 bridgehead atoms. The number of nitrogens with zero attached hydrogens (tertiary/aromatic N) is 1. The van der Waals surface area contributed by atoms with E-state index >= 15 is 0 Å². The number of carboxylic acids is 1. The normalized spacial score (nSPS) is 10.6. The number of aromatic amines is 2. The Hall–Kier alpha value is -2.38. The monoisotopic (exact) mass is 199 g/mol. The second-order valence-corrected chi connectivity index (χ2v) is 2.21. The maximum absolute atomic E-state index is 10.9. The highest BCUT2D eigenvalue weighted by molar-refractivity contribution is 5.82. The van der Waals surface area contributed by atoms with Crippen molar-refractivity contribution in [2.45, 2.75) is 0 Å². The molecule has 0 aliphatic heterocycles. The van der Waals surface area contributed by atoms with E-state index in [1.807, 2.05) is 0 Å². The fourth-order valence-electron chi connectivity index (χ4n) is 0.712. The molecule has 8 nitrogen and oxygen atoms in total. The number of rotatable bonds is 2. The molecule has 0 amide bonds. The van der Waals surface area contributed by atoms with Gasteiger partial charge in [-0.2, -0.15) is 0 Å². The fourth-order valence-corrected chi connectivity index (χ4v) is 0.712. The van der Waals surface area contributed by atoms with Gasteiger partial charge in [-0.1, -0.05) is 0 Å². The number of H-pyrrole nitrogens is 2. The zero-order valence-corrected chi connectivity index (χ0v) is 6.68. The van der Waals surface area contributed by atoms with Gasteiger partial charge in [-0.05, 0) is 0 Å². The molecule has 0 saturated carbocycles. The Morgan fingerprint density at radius 2 is 1.71 bits per heavy atom. The van der Waals surface area contributed by atoms with Crippen LogP contribution in [0.25, 0.3) is 6.20 Å². The Morgan fingerprint density at radius 3 is 2.14 bits per heavy atom. The summed E-state index contributed by atoms with van der Waals surface area (Å²) in [5.74, 6) is -1.32. The number of hydrogen-bond acceptors (Lipinski definition) is 4. The Balaban J connectivity index is 3.37. The predicted octanol–water partition coefficient (Wildman–Crippen LogP) is -2.22. The van der Waals surface area contributed by atoms with E-state index < -0.39 is 23.0 Å². The fraction of sp³-hybridized carbons (Fsp3) is 0. The Bertz CT molecular complexity index is 511. The molecule has 1 aromatic rings. The van der Waals surface area contributed by atoms with Gasteiger partial charge >= 0.3 is 23.0 Å². The summed E-state index contributed by atoms with van der Waals surface area (Å²) in [4.78, 5) is 46.0. The summed E-state index contributed by atoms with van der Waals surface area (Å²) in [5.41, 5.74) is -2.95. The Morgan fingerprint density at radius 1 is 1.21 bits per heavy atom. The summed E-state index contributed by atoms with van der Waals surface area (Å²) < 4.78 is 0.426. The predicted molar refractivity (Wildman–Crippen MR) is 44.9 cm³/mol. The largest absolute Gasteiger partial charge is 0.478 e. The second kappa shape index (κ2) is 3.56. The van der Waals surface area contributed by atoms with Crippen LogP contribution >= 0.6 is 0 Å². The van der Waals surface area contributed by atoms with Crippen LogP contribution in [-0.4, -0.2) is 25.6 Å². The minimum absolute atomic E-state index is 0.426. The van der Waals surface area contributed by atoms with Gasteiger partial charge < -0.3 is 5.11 Å². The highest BCUT2D eigenvalue weighted by atomic mass is 16.4. The summed E-state index contributed by atoms with van der Waals surface area (Å²) in [5, 5.41) is 8.22. The van der Waals surface area contributed by atoms with Gasteiger partial charge in [0.1, 0.15) is 0 Å². The maximum Gasteiger partial charge on any atom is 0.337 e. The van der Waals surface area contributed by atoms with Crippen LogP contribution in [0.3, 0.4) is 0 Å². The lowest BCUT2D eigenvalue weighted by atomic mass is 10.6. The third-order valence-corrected chi connectivity index (χ3v) is 1.24. The van der Waals surface area contributed by atoms with Gasteiger partial charge in [0, 0.05) is 12.3 Å². The lowest BCUT2D eigenvalue weighted by Gasteiger charge is -1.92. The first kappa shape index (κ1) is 9.71. The van der Waals surface area contributed by atoms with Crippen LogP contribution in [0.1, 0.15) is 0 Å². The van der Waals surface area contributed by atoms with E-state index in [2.05, 4.69) is 0 Å². The van der Waals surface area contributed by atoms with E-state index in [-0.39, 0.29) is 0 Å². The third kappa shape index (κ3) is 2.06. The van der Waals surface area contributed by atoms with Crippen LogP contribution in [0, 0.1) is 0 Å². The molecular weight excluding hydrogens is 194 g/mol. The first-order valence-corrected chi connectivity index (χ1v) is 3.37. The average Bonchev–Trinajstić information content (AvgIpc) is 2.01. The first-order valence-electron chi connectivity index (χ1n) is 3.37. The van der Waals surface area contributed by atoms with Crippen LogP contribution in [-0.2, 0) is 4.79 Å². The van der Waals surface area contributed by atoms with Crippen molar-refractivity contribution in [3.63, 3.8) is 0 Å². The standard InChI is InChI=1S/C6H5N3O5/c10-3(11)1-2-9-5(13)7-4(12)8-6(9)14/h1-2H,(H,10,11)(H2,7,8,12,13,14). The van der Waals surface area contributed by atoms with Gasteiger partial charge in [-0.25, -0.2) is 23.7 Å². The second-order valence-electron chi connectivity index (χ2n) is 2.21. The molecule has 0 aliphatic rings. The van der Waals surface area contributed by atoms with Crippen molar-refractivity contribution >= 4 is 12.2 Å². The molecule has 0 spiro atoms. The molecule has 0 radical (unpaired) electrons. The molecule has 3 N–H and O–H groups in total. The molecule has 14 heavy (non-hydrogen) atoms. The van der Waals surface area contributed by atoms with Crippen molar-refractivity contribution in [2.24, 2.45) is 0 Å². The SMILES string of the molecule is O=C(O)C=Cn1c(=O)[nH]c(=O)[nH]c1=O. The molecule has 1 aromatic heterocycles. The number of hydrogen-bond donors (Lipinski definition) is 3. The van der Waals surface area contributed by atoms with Crippen LogP contribution in [0.4, 0.5) is 0 Å². The minimum Gasteiger partial charge on any atom is -0.478 e. The lowest BCUT2D eigenvalue weighted by molar-refractivity contribution is -0.131. The van der Waals surface area contributed by atoms with Crippen LogP contribution in [0.5, 0.6) is 0 Å². The summed E-state index contributed by atoms with van der Waals surface area (Å²) in [6, 6.07) is 0. The molecule has 0 unspecified atom stereocenters. The molecule has 0 saturated heterocycles. The molecule has 74 valence electrons. The van der Waals surface area contributed by atoms with Crippen LogP contribution in [0.15, 0.2) is 20.5 Å². The molecular formula is C6H5N3O5. The first-order chi connectivity index (χ1) is 6.50. The van der Waals surface area contributed by atoms with Crippen LogP contribution < -0.4 is 17.1 Å². The number of aromatic nitrogens is 3. The number of carboxylic acid groups (broad SMARTS) is 1. The number of nitrogens with one attached hydrogen (secondary N) is 2. The zero-order valence-electron chi connectivity index (χ0n) is 6.68. The molecule has 0 aliphatic carbocycles. The van der Waals surface area contributed by atoms with Gasteiger partial charge in [-0.15, -0.1) is 0 Å². The molecule has 0 aromatic carbocycles. The van der Waals surface area contributed by atoms with Crippen LogP contribution in [0.2, 0.25) is 0 Å². The molecule has 1 heterocycles. The lowest BCUT2D eigenvalue weighted by Crippen LogP contribution is -2.40. The quantitative estimate of drug-likeness (QED) is 0.465. The van der Waals surface area contributed by atoms with Crippen molar-refractivity contribution in [3.8, 4) is 0 Å². The van der Waals surface area contributed by atoms with Crippen molar-refractivity contribution in [1.29, 1.82) is 0 Å². The van der Waals surface area contributed by atoms with E-state index in [9.17, 15) is 19.2 Å². The Kier molecular flexibility index (Phi) is 2.47. The average molecular weight is 199 g/mol. The number of carbonyl (C=O) groups is 1. The highest BCUT2D eigenvalue weighted by Gasteiger charge is 1.98. The summed E-state index contributed by atoms with van der Waals surface area (Å²) >= 11 is 0. The smallest absolute Gasteiger partial charge is 0.337 e. The molecule has 1 rings (SSSR count). The van der Waals surface area contributed by atoms with Crippen molar-refractivity contribution < 1.29 is 9.90 Å².